The van der Waals surface area contributed by atoms with Crippen LogP contribution in [0.2, 0.25) is 0 Å². The number of hydrogen-bond acceptors (Lipinski definition) is 2. The van der Waals surface area contributed by atoms with Crippen molar-refractivity contribution in [3.8, 4) is 0 Å². The second kappa shape index (κ2) is 10.5. The minimum Gasteiger partial charge on any atom is -0.359 e. The SMILES string of the molecule is CN=C(NCC1CCC(c2ccccc2)CC1)N1CCC(CC(=O)NC)CC1. The summed E-state index contributed by atoms with van der Waals surface area (Å²) in [4.78, 5) is 18.5. The number of benzene rings is 1. The minimum absolute atomic E-state index is 0.159. The van der Waals surface area contributed by atoms with E-state index >= 15 is 0 Å². The third kappa shape index (κ3) is 5.73. The molecule has 1 saturated carbocycles. The lowest BCUT2D eigenvalue weighted by Crippen LogP contribution is -2.47. The van der Waals surface area contributed by atoms with Gasteiger partial charge in [0.1, 0.15) is 0 Å². The van der Waals surface area contributed by atoms with Gasteiger partial charge in [0, 0.05) is 40.2 Å². The summed E-state index contributed by atoms with van der Waals surface area (Å²) in [6.07, 6.45) is 7.95. The molecule has 3 rings (SSSR count). The van der Waals surface area contributed by atoms with Gasteiger partial charge in [-0.15, -0.1) is 0 Å². The van der Waals surface area contributed by atoms with E-state index < -0.39 is 0 Å². The number of carbonyl (C=O) groups is 1. The largest absolute Gasteiger partial charge is 0.359 e. The van der Waals surface area contributed by atoms with Crippen LogP contribution in [0, 0.1) is 11.8 Å². The zero-order valence-corrected chi connectivity index (χ0v) is 17.5. The lowest BCUT2D eigenvalue weighted by Gasteiger charge is -2.35. The van der Waals surface area contributed by atoms with E-state index in [0.717, 1.165) is 50.3 Å². The highest BCUT2D eigenvalue weighted by atomic mass is 16.1. The van der Waals surface area contributed by atoms with Crippen LogP contribution >= 0.6 is 0 Å². The zero-order valence-electron chi connectivity index (χ0n) is 17.5. The van der Waals surface area contributed by atoms with Gasteiger partial charge >= 0.3 is 0 Å². The minimum atomic E-state index is 0.159. The Hall–Kier alpha value is -2.04. The van der Waals surface area contributed by atoms with Gasteiger partial charge in [0.25, 0.3) is 0 Å². The zero-order chi connectivity index (χ0) is 19.8. The van der Waals surface area contributed by atoms with Gasteiger partial charge in [0.2, 0.25) is 5.91 Å². The van der Waals surface area contributed by atoms with Crippen molar-refractivity contribution in [2.45, 2.75) is 50.9 Å². The van der Waals surface area contributed by atoms with Crippen molar-refractivity contribution in [2.24, 2.45) is 16.8 Å². The first-order valence-corrected chi connectivity index (χ1v) is 10.9. The Morgan fingerprint density at radius 3 is 2.32 bits per heavy atom. The molecular formula is C23H36N4O. The number of rotatable bonds is 5. The molecule has 0 bridgehead atoms. The molecule has 0 atom stereocenters. The van der Waals surface area contributed by atoms with E-state index in [1.165, 1.54) is 31.2 Å². The molecule has 2 N–H and O–H groups in total. The molecule has 1 aromatic rings. The van der Waals surface area contributed by atoms with Crippen molar-refractivity contribution in [2.75, 3.05) is 33.7 Å². The van der Waals surface area contributed by atoms with Crippen molar-refractivity contribution < 1.29 is 4.79 Å². The smallest absolute Gasteiger partial charge is 0.220 e. The second-order valence-corrected chi connectivity index (χ2v) is 8.36. The third-order valence-corrected chi connectivity index (χ3v) is 6.55. The highest BCUT2D eigenvalue weighted by Crippen LogP contribution is 2.35. The molecule has 1 saturated heterocycles. The van der Waals surface area contributed by atoms with Crippen LogP contribution in [-0.4, -0.2) is 50.5 Å². The average Bonchev–Trinajstić information content (AvgIpc) is 2.76. The summed E-state index contributed by atoms with van der Waals surface area (Å²) in [5.74, 6) is 3.16. The lowest BCUT2D eigenvalue weighted by atomic mass is 9.79. The number of piperidine rings is 1. The molecule has 0 aromatic heterocycles. The third-order valence-electron chi connectivity index (χ3n) is 6.55. The molecule has 0 radical (unpaired) electrons. The van der Waals surface area contributed by atoms with Crippen LogP contribution in [0.4, 0.5) is 0 Å². The Morgan fingerprint density at radius 1 is 1.04 bits per heavy atom. The van der Waals surface area contributed by atoms with Gasteiger partial charge in [0.15, 0.2) is 5.96 Å². The molecule has 0 spiro atoms. The molecule has 1 aromatic carbocycles. The van der Waals surface area contributed by atoms with E-state index in [2.05, 4.69) is 50.9 Å². The van der Waals surface area contributed by atoms with E-state index in [-0.39, 0.29) is 5.91 Å². The van der Waals surface area contributed by atoms with Gasteiger partial charge in [-0.2, -0.15) is 0 Å². The predicted molar refractivity (Wildman–Crippen MR) is 115 cm³/mol. The maximum atomic E-state index is 11.6. The normalized spacial score (nSPS) is 24.1. The number of amides is 1. The van der Waals surface area contributed by atoms with E-state index in [1.807, 2.05) is 7.05 Å². The molecular weight excluding hydrogens is 348 g/mol. The summed E-state index contributed by atoms with van der Waals surface area (Å²) in [5.41, 5.74) is 1.50. The van der Waals surface area contributed by atoms with Crippen molar-refractivity contribution in [1.29, 1.82) is 0 Å². The standard InChI is InChI=1S/C23H36N4O/c1-24-22(28)16-18-12-14-27(15-13-18)23(25-2)26-17-19-8-10-21(11-9-19)20-6-4-3-5-7-20/h3-7,18-19,21H,8-17H2,1-2H3,(H,24,28)(H,25,26). The number of hydrogen-bond donors (Lipinski definition) is 2. The molecule has 1 aliphatic heterocycles. The van der Waals surface area contributed by atoms with Crippen molar-refractivity contribution in [1.82, 2.24) is 15.5 Å². The average molecular weight is 385 g/mol. The lowest BCUT2D eigenvalue weighted by molar-refractivity contribution is -0.121. The number of likely N-dealkylation sites (tertiary alicyclic amines) is 1. The fourth-order valence-corrected chi connectivity index (χ4v) is 4.71. The van der Waals surface area contributed by atoms with Crippen LogP contribution in [0.5, 0.6) is 0 Å². The highest BCUT2D eigenvalue weighted by molar-refractivity contribution is 5.80. The van der Waals surface area contributed by atoms with Crippen molar-refractivity contribution in [3.63, 3.8) is 0 Å². The van der Waals surface area contributed by atoms with Crippen LogP contribution in [0.15, 0.2) is 35.3 Å². The second-order valence-electron chi connectivity index (χ2n) is 8.36. The summed E-state index contributed by atoms with van der Waals surface area (Å²) in [6.45, 7) is 3.00. The Balaban J connectivity index is 1.39. The molecule has 5 nitrogen and oxygen atoms in total. The molecule has 1 heterocycles. The first-order chi connectivity index (χ1) is 13.7. The number of aliphatic imine (C=N–C) groups is 1. The van der Waals surface area contributed by atoms with Crippen LogP contribution in [-0.2, 0) is 4.79 Å². The summed E-state index contributed by atoms with van der Waals surface area (Å²) in [6, 6.07) is 11.0. The van der Waals surface area contributed by atoms with Gasteiger partial charge < -0.3 is 15.5 Å². The summed E-state index contributed by atoms with van der Waals surface area (Å²) in [5, 5.41) is 6.37. The fourth-order valence-electron chi connectivity index (χ4n) is 4.71. The molecule has 154 valence electrons. The monoisotopic (exact) mass is 384 g/mol. The first-order valence-electron chi connectivity index (χ1n) is 10.9. The van der Waals surface area contributed by atoms with Gasteiger partial charge in [0.05, 0.1) is 0 Å². The molecule has 1 amide bonds. The Kier molecular flexibility index (Phi) is 7.75. The molecule has 0 unspecified atom stereocenters. The first kappa shape index (κ1) is 20.7. The molecule has 1 aliphatic carbocycles. The number of carbonyl (C=O) groups excluding carboxylic acids is 1. The topological polar surface area (TPSA) is 56.7 Å². The van der Waals surface area contributed by atoms with Gasteiger partial charge in [-0.1, -0.05) is 30.3 Å². The van der Waals surface area contributed by atoms with Crippen LogP contribution < -0.4 is 10.6 Å². The Bertz CT molecular complexity index is 629. The molecule has 5 heteroatoms. The predicted octanol–water partition coefficient (Wildman–Crippen LogP) is 3.38. The van der Waals surface area contributed by atoms with Crippen LogP contribution in [0.1, 0.15) is 56.4 Å². The molecule has 2 fully saturated rings. The van der Waals surface area contributed by atoms with E-state index in [4.69, 9.17) is 0 Å². The Labute approximate surface area is 170 Å². The van der Waals surface area contributed by atoms with E-state index in [1.54, 1.807) is 7.05 Å². The van der Waals surface area contributed by atoms with E-state index in [0.29, 0.717) is 12.3 Å². The van der Waals surface area contributed by atoms with Gasteiger partial charge in [-0.25, -0.2) is 0 Å². The maximum Gasteiger partial charge on any atom is 0.220 e. The Morgan fingerprint density at radius 2 is 1.71 bits per heavy atom. The summed E-state index contributed by atoms with van der Waals surface area (Å²) < 4.78 is 0. The molecule has 28 heavy (non-hydrogen) atoms. The van der Waals surface area contributed by atoms with Crippen LogP contribution in [0.3, 0.4) is 0 Å². The van der Waals surface area contributed by atoms with Crippen molar-refractivity contribution in [3.05, 3.63) is 35.9 Å². The quantitative estimate of drug-likeness (QED) is 0.604. The number of nitrogens with zero attached hydrogens (tertiary/aromatic N) is 2. The van der Waals surface area contributed by atoms with E-state index in [9.17, 15) is 4.79 Å². The fraction of sp³-hybridized carbons (Fsp3) is 0.652. The highest BCUT2D eigenvalue weighted by Gasteiger charge is 2.25. The van der Waals surface area contributed by atoms with Crippen LogP contribution in [0.25, 0.3) is 0 Å². The van der Waals surface area contributed by atoms with Crippen molar-refractivity contribution >= 4 is 11.9 Å². The summed E-state index contributed by atoms with van der Waals surface area (Å²) >= 11 is 0. The molecule has 2 aliphatic rings. The summed E-state index contributed by atoms with van der Waals surface area (Å²) in [7, 11) is 3.60. The number of guanidine groups is 1. The van der Waals surface area contributed by atoms with Gasteiger partial charge in [-0.05, 0) is 61.8 Å². The number of nitrogens with one attached hydrogen (secondary N) is 2. The maximum absolute atomic E-state index is 11.6. The van der Waals surface area contributed by atoms with Gasteiger partial charge in [-0.3, -0.25) is 9.79 Å².